The first kappa shape index (κ1) is 35.3. The van der Waals surface area contributed by atoms with Crippen molar-refractivity contribution >= 4 is 22.1 Å². The van der Waals surface area contributed by atoms with Crippen molar-refractivity contribution in [1.82, 2.24) is 19.9 Å². The topological polar surface area (TPSA) is 64.7 Å². The first-order valence-corrected chi connectivity index (χ1v) is 21.2. The monoisotopic (exact) mass is 1020 g/mol. The molecule has 0 aliphatic heterocycles. The molecule has 6 heteroatoms. The number of aryl methyl sites for hydroxylation is 3. The number of pyridine rings is 4. The minimum absolute atomic E-state index is 0. The summed E-state index contributed by atoms with van der Waals surface area (Å²) >= 11 is 0. The third-order valence-electron chi connectivity index (χ3n) is 11.7. The van der Waals surface area contributed by atoms with E-state index in [0.717, 1.165) is 51.0 Å². The van der Waals surface area contributed by atoms with Crippen molar-refractivity contribution in [3.63, 3.8) is 0 Å². The molecule has 9 rings (SSSR count). The zero-order valence-corrected chi connectivity index (χ0v) is 39.1. The molecule has 64 heavy (non-hydrogen) atoms. The predicted molar refractivity (Wildman–Crippen MR) is 257 cm³/mol. The summed E-state index contributed by atoms with van der Waals surface area (Å²) in [5.74, 6) is -0.979. The zero-order valence-electron chi connectivity index (χ0n) is 44.7. The van der Waals surface area contributed by atoms with Crippen molar-refractivity contribution in [1.29, 1.82) is 0 Å². The SMILES string of the molecule is [2H]C([2H])([2H])c1cc(-c2[c-]ccc3c2oc2nc(C([2H])(C)C)ccc23)ncc1C([2H])([2H])C([2H])([2H])c1cc(CC(C)(C)c2ccc(-c3[c-]cccc3)nc2)cc(CC(C)(C)c2ccc(-c3[c-]cccc3)nc2)c1.[Ir+3]. The van der Waals surface area contributed by atoms with Crippen LogP contribution < -0.4 is 0 Å². The molecule has 0 radical (unpaired) electrons. The minimum atomic E-state index is -2.91. The third kappa shape index (κ3) is 9.55. The van der Waals surface area contributed by atoms with Crippen LogP contribution in [0.25, 0.3) is 55.8 Å². The van der Waals surface area contributed by atoms with E-state index in [0.29, 0.717) is 46.2 Å². The average Bonchev–Trinajstić information content (AvgIpc) is 3.72. The molecule has 4 aromatic carbocycles. The van der Waals surface area contributed by atoms with E-state index in [9.17, 15) is 5.48 Å². The number of aromatic nitrogens is 4. The molecule has 0 aliphatic carbocycles. The summed E-state index contributed by atoms with van der Waals surface area (Å²) in [6.45, 7) is 9.00. The second-order valence-electron chi connectivity index (χ2n) is 17.7. The van der Waals surface area contributed by atoms with Crippen molar-refractivity contribution in [3.8, 4) is 33.8 Å². The van der Waals surface area contributed by atoms with Gasteiger partial charge in [0.15, 0.2) is 0 Å². The molecule has 0 bridgehead atoms. The van der Waals surface area contributed by atoms with Crippen LogP contribution in [0, 0.1) is 25.1 Å². The molecule has 5 aromatic heterocycles. The van der Waals surface area contributed by atoms with Gasteiger partial charge in [-0.05, 0) is 112 Å². The maximum atomic E-state index is 9.76. The third-order valence-corrected chi connectivity index (χ3v) is 11.7. The van der Waals surface area contributed by atoms with Crippen LogP contribution in [0.1, 0.15) is 103 Å². The van der Waals surface area contributed by atoms with Crippen LogP contribution in [-0.2, 0) is 56.5 Å². The van der Waals surface area contributed by atoms with Crippen molar-refractivity contribution < 1.29 is 35.5 Å². The van der Waals surface area contributed by atoms with Crippen LogP contribution in [0.3, 0.4) is 0 Å². The van der Waals surface area contributed by atoms with Crippen LogP contribution in [0.5, 0.6) is 0 Å². The number of benzene rings is 4. The van der Waals surface area contributed by atoms with E-state index in [2.05, 4.69) is 61.9 Å². The molecule has 0 saturated carbocycles. The Hall–Kier alpha value is -6.07. The Morgan fingerprint density at radius 1 is 0.641 bits per heavy atom. The maximum Gasteiger partial charge on any atom is 3.00 e. The molecule has 0 aliphatic rings. The molecular weight excluding hydrogens is 961 g/mol. The van der Waals surface area contributed by atoms with Crippen LogP contribution in [0.4, 0.5) is 0 Å². The van der Waals surface area contributed by atoms with Gasteiger partial charge in [-0.2, -0.15) is 0 Å². The second-order valence-corrected chi connectivity index (χ2v) is 17.7. The van der Waals surface area contributed by atoms with E-state index in [1.54, 1.807) is 38.1 Å². The molecule has 0 saturated heterocycles. The molecule has 0 N–H and O–H groups in total. The van der Waals surface area contributed by atoms with Crippen LogP contribution in [-0.4, -0.2) is 19.9 Å². The van der Waals surface area contributed by atoms with Crippen molar-refractivity contribution in [3.05, 3.63) is 203 Å². The number of nitrogens with zero attached hydrogens (tertiary/aromatic N) is 4. The minimum Gasteiger partial charge on any atom is -0.486 e. The smallest absolute Gasteiger partial charge is 0.486 e. The first-order valence-electron chi connectivity index (χ1n) is 25.2. The maximum absolute atomic E-state index is 9.76. The van der Waals surface area contributed by atoms with Gasteiger partial charge in [0.1, 0.15) is 0 Å². The van der Waals surface area contributed by atoms with Gasteiger partial charge in [0.25, 0.3) is 0 Å². The summed E-state index contributed by atoms with van der Waals surface area (Å²) in [6, 6.07) is 46.8. The van der Waals surface area contributed by atoms with Crippen molar-refractivity contribution in [2.24, 2.45) is 0 Å². The summed E-state index contributed by atoms with van der Waals surface area (Å²) in [6.07, 6.45) is 0.0655. The van der Waals surface area contributed by atoms with Gasteiger partial charge in [0.05, 0.1) is 5.58 Å². The van der Waals surface area contributed by atoms with Crippen molar-refractivity contribution in [2.75, 3.05) is 0 Å². The van der Waals surface area contributed by atoms with Gasteiger partial charge >= 0.3 is 20.1 Å². The van der Waals surface area contributed by atoms with Crippen LogP contribution >= 0.6 is 0 Å². The zero-order chi connectivity index (χ0) is 50.7. The van der Waals surface area contributed by atoms with E-state index in [-0.39, 0.29) is 36.9 Å². The number of hydrogen-bond acceptors (Lipinski definition) is 5. The molecule has 9 aromatic rings. The quantitative estimate of drug-likeness (QED) is 0.108. The fraction of sp³-hybridized carbons (Fsp3) is 0.241. The van der Waals surface area contributed by atoms with Crippen LogP contribution in [0.2, 0.25) is 0 Å². The molecule has 0 unspecified atom stereocenters. The molecule has 5 heterocycles. The first-order chi connectivity index (χ1) is 33.4. The molecule has 5 nitrogen and oxygen atoms in total. The molecule has 0 fully saturated rings. The Morgan fingerprint density at radius 3 is 1.80 bits per heavy atom. The van der Waals surface area contributed by atoms with Crippen LogP contribution in [0.15, 0.2) is 144 Å². The van der Waals surface area contributed by atoms with Gasteiger partial charge in [-0.25, -0.2) is 4.98 Å². The molecule has 320 valence electrons. The molecule has 0 atom stereocenters. The summed E-state index contributed by atoms with van der Waals surface area (Å²) < 4.78 is 79.7. The number of fused-ring (bicyclic) bond motifs is 3. The number of furan rings is 1. The van der Waals surface area contributed by atoms with E-state index in [4.69, 9.17) is 19.9 Å². The predicted octanol–water partition coefficient (Wildman–Crippen LogP) is 13.8. The van der Waals surface area contributed by atoms with E-state index >= 15 is 0 Å². The van der Waals surface area contributed by atoms with Crippen molar-refractivity contribution in [2.45, 2.75) is 90.7 Å². The van der Waals surface area contributed by atoms with Gasteiger partial charge in [0, 0.05) is 40.6 Å². The number of hydrogen-bond donors (Lipinski definition) is 0. The Morgan fingerprint density at radius 2 is 1.25 bits per heavy atom. The Labute approximate surface area is 403 Å². The van der Waals surface area contributed by atoms with Gasteiger partial charge in [-0.1, -0.05) is 107 Å². The summed E-state index contributed by atoms with van der Waals surface area (Å²) in [7, 11) is 0. The fourth-order valence-electron chi connectivity index (χ4n) is 8.20. The fourth-order valence-corrected chi connectivity index (χ4v) is 8.20. The van der Waals surface area contributed by atoms with Gasteiger partial charge in [-0.3, -0.25) is 0 Å². The summed E-state index contributed by atoms with van der Waals surface area (Å²) in [4.78, 5) is 18.8. The normalized spacial score (nSPS) is 14.6. The molecular formula is C58H53IrN4O. The van der Waals surface area contributed by atoms with Gasteiger partial charge in [-0.15, -0.1) is 90.0 Å². The largest absolute Gasteiger partial charge is 3.00 e. The Bertz CT molecular complexity index is 3270. The van der Waals surface area contributed by atoms with Gasteiger partial charge < -0.3 is 19.4 Å². The Kier molecular flexibility index (Phi) is 10.2. The standard InChI is InChI=1S/C58H53N4O.Ir/c1-38(2)51-28-25-49-48-19-14-20-50(55(48)63-56(49)62-51)54-29-39(3)45(35-59-54)22-21-40-30-41(33-57(4,5)46-23-26-52(60-36-46)43-15-10-8-11-16-43)32-42(31-40)34-58(6,7)47-24-27-53(61-37-47)44-17-12-9-13-18-44;/h8-15,17,19,23-32,35-38H,21-22,33-34H2,1-7H3;/q-3;+3/i3D3,21D2,22D2,38D;. The molecule has 0 spiro atoms. The van der Waals surface area contributed by atoms with E-state index < -0.39 is 41.9 Å². The second kappa shape index (κ2) is 18.6. The average molecular weight is 1020 g/mol. The summed E-state index contributed by atoms with van der Waals surface area (Å²) in [5.41, 5.74) is 6.76. The Balaban J connectivity index is 0.00000693. The van der Waals surface area contributed by atoms with Gasteiger partial charge in [0.2, 0.25) is 5.71 Å². The molecule has 0 amide bonds. The van der Waals surface area contributed by atoms with E-state index in [1.165, 1.54) is 6.07 Å². The van der Waals surface area contributed by atoms with E-state index in [1.807, 2.05) is 97.3 Å². The number of rotatable bonds is 13. The summed E-state index contributed by atoms with van der Waals surface area (Å²) in [5, 5.41) is 1.38.